The van der Waals surface area contributed by atoms with Gasteiger partial charge in [-0.1, -0.05) is 48.0 Å². The number of benzene rings is 3. The topological polar surface area (TPSA) is 47.4 Å². The second-order valence-electron chi connectivity index (χ2n) is 7.75. The van der Waals surface area contributed by atoms with E-state index >= 15 is 0 Å². The van der Waals surface area contributed by atoms with E-state index in [0.717, 1.165) is 28.1 Å². The second kappa shape index (κ2) is 8.08. The zero-order valence-electron chi connectivity index (χ0n) is 17.2. The van der Waals surface area contributed by atoms with Crippen LogP contribution in [0.15, 0.2) is 72.8 Å². The van der Waals surface area contributed by atoms with Gasteiger partial charge in [0.05, 0.1) is 23.8 Å². The summed E-state index contributed by atoms with van der Waals surface area (Å²) in [5.74, 6) is 1.69. The van der Waals surface area contributed by atoms with Gasteiger partial charge in [0.1, 0.15) is 11.6 Å². The molecule has 1 unspecified atom stereocenters. The van der Waals surface area contributed by atoms with Gasteiger partial charge in [-0.25, -0.2) is 4.98 Å². The maximum Gasteiger partial charge on any atom is 0.227 e. The van der Waals surface area contributed by atoms with Crippen molar-refractivity contribution in [2.24, 2.45) is 0 Å². The van der Waals surface area contributed by atoms with Crippen LogP contribution in [-0.4, -0.2) is 29.1 Å². The van der Waals surface area contributed by atoms with Crippen LogP contribution >= 0.6 is 11.6 Å². The Morgan fingerprint density at radius 1 is 1.06 bits per heavy atom. The first-order chi connectivity index (χ1) is 15.1. The molecule has 1 amide bonds. The summed E-state index contributed by atoms with van der Waals surface area (Å²) in [4.78, 5) is 19.7. The maximum atomic E-state index is 13.0. The minimum absolute atomic E-state index is 0.0102. The fraction of sp³-hybridized carbons (Fsp3) is 0.200. The molecule has 156 valence electrons. The molecule has 1 saturated heterocycles. The van der Waals surface area contributed by atoms with Crippen LogP contribution in [-0.2, 0) is 11.3 Å². The van der Waals surface area contributed by atoms with Gasteiger partial charge in [0.15, 0.2) is 0 Å². The molecule has 0 spiro atoms. The Balaban J connectivity index is 1.54. The fourth-order valence-corrected chi connectivity index (χ4v) is 4.57. The highest BCUT2D eigenvalue weighted by Gasteiger charge is 2.35. The molecular formula is C25H22ClN3O2. The SMILES string of the molecule is COc1ccccc1N1CC(c2nc3ccccc3n2Cc2cccc(Cl)c2)CC1=O. The van der Waals surface area contributed by atoms with E-state index in [0.29, 0.717) is 30.3 Å². The first-order valence-electron chi connectivity index (χ1n) is 10.3. The van der Waals surface area contributed by atoms with Gasteiger partial charge >= 0.3 is 0 Å². The highest BCUT2D eigenvalue weighted by Crippen LogP contribution is 2.37. The van der Waals surface area contributed by atoms with Crippen molar-refractivity contribution in [2.45, 2.75) is 18.9 Å². The number of para-hydroxylation sites is 4. The summed E-state index contributed by atoms with van der Waals surface area (Å²) in [5, 5.41) is 0.710. The molecule has 0 bridgehead atoms. The number of aromatic nitrogens is 2. The van der Waals surface area contributed by atoms with Crippen LogP contribution in [0.25, 0.3) is 11.0 Å². The number of anilines is 1. The maximum absolute atomic E-state index is 13.0. The average Bonchev–Trinajstić information content (AvgIpc) is 3.34. The number of rotatable bonds is 5. The number of amides is 1. The summed E-state index contributed by atoms with van der Waals surface area (Å²) in [7, 11) is 1.63. The van der Waals surface area contributed by atoms with E-state index in [-0.39, 0.29) is 11.8 Å². The molecule has 3 aromatic carbocycles. The summed E-state index contributed by atoms with van der Waals surface area (Å²) in [6.45, 7) is 1.22. The van der Waals surface area contributed by atoms with Gasteiger partial charge < -0.3 is 14.2 Å². The summed E-state index contributed by atoms with van der Waals surface area (Å²) in [6, 6.07) is 23.6. The molecular weight excluding hydrogens is 410 g/mol. The zero-order chi connectivity index (χ0) is 21.4. The third-order valence-corrected chi connectivity index (χ3v) is 6.02. The minimum Gasteiger partial charge on any atom is -0.495 e. The molecule has 4 aromatic rings. The lowest BCUT2D eigenvalue weighted by Crippen LogP contribution is -2.25. The van der Waals surface area contributed by atoms with Gasteiger partial charge in [-0.05, 0) is 42.0 Å². The first kappa shape index (κ1) is 19.6. The fourth-order valence-electron chi connectivity index (χ4n) is 4.36. The van der Waals surface area contributed by atoms with E-state index in [4.69, 9.17) is 21.3 Å². The predicted octanol–water partition coefficient (Wildman–Crippen LogP) is 5.27. The Morgan fingerprint density at radius 3 is 2.71 bits per heavy atom. The largest absolute Gasteiger partial charge is 0.495 e. The highest BCUT2D eigenvalue weighted by molar-refractivity contribution is 6.30. The van der Waals surface area contributed by atoms with Gasteiger partial charge in [0.2, 0.25) is 5.91 Å². The van der Waals surface area contributed by atoms with Crippen molar-refractivity contribution in [1.82, 2.24) is 9.55 Å². The van der Waals surface area contributed by atoms with Crippen molar-refractivity contribution in [2.75, 3.05) is 18.6 Å². The quantitative estimate of drug-likeness (QED) is 0.432. The number of hydrogen-bond acceptors (Lipinski definition) is 3. The van der Waals surface area contributed by atoms with Crippen LogP contribution in [0.4, 0.5) is 5.69 Å². The molecule has 1 fully saturated rings. The van der Waals surface area contributed by atoms with E-state index in [1.165, 1.54) is 0 Å². The number of methoxy groups -OCH3 is 1. The molecule has 0 saturated carbocycles. The van der Waals surface area contributed by atoms with E-state index in [9.17, 15) is 4.79 Å². The summed E-state index contributed by atoms with van der Waals surface area (Å²) in [5.41, 5.74) is 3.89. The van der Waals surface area contributed by atoms with Crippen molar-refractivity contribution in [1.29, 1.82) is 0 Å². The molecule has 1 aromatic heterocycles. The van der Waals surface area contributed by atoms with Gasteiger partial charge in [0, 0.05) is 30.5 Å². The number of carbonyl (C=O) groups is 1. The van der Waals surface area contributed by atoms with Crippen LogP contribution < -0.4 is 9.64 Å². The van der Waals surface area contributed by atoms with E-state index in [1.807, 2.05) is 65.6 Å². The van der Waals surface area contributed by atoms with E-state index in [1.54, 1.807) is 7.11 Å². The molecule has 5 rings (SSSR count). The number of imidazole rings is 1. The van der Waals surface area contributed by atoms with Crippen LogP contribution in [0.5, 0.6) is 5.75 Å². The molecule has 0 aliphatic carbocycles. The lowest BCUT2D eigenvalue weighted by atomic mass is 10.1. The average molecular weight is 432 g/mol. The molecule has 0 N–H and O–H groups in total. The lowest BCUT2D eigenvalue weighted by molar-refractivity contribution is -0.117. The molecule has 31 heavy (non-hydrogen) atoms. The van der Waals surface area contributed by atoms with Gasteiger partial charge in [-0.3, -0.25) is 4.79 Å². The van der Waals surface area contributed by atoms with Gasteiger partial charge in [-0.15, -0.1) is 0 Å². The Bertz CT molecular complexity index is 1270. The molecule has 1 atom stereocenters. The smallest absolute Gasteiger partial charge is 0.227 e. The lowest BCUT2D eigenvalue weighted by Gasteiger charge is -2.20. The summed E-state index contributed by atoms with van der Waals surface area (Å²) in [6.07, 6.45) is 0.414. The van der Waals surface area contributed by atoms with Crippen molar-refractivity contribution < 1.29 is 9.53 Å². The Kier molecular flexibility index (Phi) is 5.12. The van der Waals surface area contributed by atoms with Crippen molar-refractivity contribution in [3.8, 4) is 5.75 Å². The zero-order valence-corrected chi connectivity index (χ0v) is 17.9. The molecule has 5 nitrogen and oxygen atoms in total. The third kappa shape index (κ3) is 3.66. The van der Waals surface area contributed by atoms with E-state index < -0.39 is 0 Å². The number of fused-ring (bicyclic) bond motifs is 1. The standard InChI is InChI=1S/C25H22ClN3O2/c1-31-23-12-5-4-11-22(23)28-16-18(14-24(28)30)25-27-20-9-2-3-10-21(20)29(25)15-17-7-6-8-19(26)13-17/h2-13,18H,14-16H2,1H3. The van der Waals surface area contributed by atoms with Gasteiger partial charge in [-0.2, -0.15) is 0 Å². The first-order valence-corrected chi connectivity index (χ1v) is 10.6. The van der Waals surface area contributed by atoms with Crippen LogP contribution in [0.1, 0.15) is 23.7 Å². The molecule has 1 aliphatic rings. The summed E-state index contributed by atoms with van der Waals surface area (Å²) >= 11 is 6.22. The Morgan fingerprint density at radius 2 is 1.87 bits per heavy atom. The van der Waals surface area contributed by atoms with Gasteiger partial charge in [0.25, 0.3) is 0 Å². The van der Waals surface area contributed by atoms with Crippen molar-refractivity contribution >= 4 is 34.2 Å². The molecule has 6 heteroatoms. The number of halogens is 1. The van der Waals surface area contributed by atoms with Crippen molar-refractivity contribution in [3.05, 3.63) is 89.2 Å². The monoisotopic (exact) mass is 431 g/mol. The predicted molar refractivity (Wildman–Crippen MR) is 123 cm³/mol. The number of nitrogens with zero attached hydrogens (tertiary/aromatic N) is 3. The summed E-state index contributed by atoms with van der Waals surface area (Å²) < 4.78 is 7.69. The Hall–Kier alpha value is -3.31. The Labute approximate surface area is 185 Å². The van der Waals surface area contributed by atoms with Crippen molar-refractivity contribution in [3.63, 3.8) is 0 Å². The number of ether oxygens (including phenoxy) is 1. The third-order valence-electron chi connectivity index (χ3n) is 5.78. The van der Waals surface area contributed by atoms with Crippen LogP contribution in [0.3, 0.4) is 0 Å². The number of carbonyl (C=O) groups excluding carboxylic acids is 1. The molecule has 1 aliphatic heterocycles. The highest BCUT2D eigenvalue weighted by atomic mass is 35.5. The van der Waals surface area contributed by atoms with Crippen LogP contribution in [0.2, 0.25) is 5.02 Å². The minimum atomic E-state index is -0.0102. The second-order valence-corrected chi connectivity index (χ2v) is 8.19. The molecule has 0 radical (unpaired) electrons. The number of hydrogen-bond donors (Lipinski definition) is 0. The normalized spacial score (nSPS) is 16.3. The van der Waals surface area contributed by atoms with Crippen LogP contribution in [0, 0.1) is 0 Å². The molecule has 2 heterocycles. The van der Waals surface area contributed by atoms with E-state index in [2.05, 4.69) is 16.7 Å².